The van der Waals surface area contributed by atoms with Crippen LogP contribution in [0.4, 0.5) is 5.69 Å². The van der Waals surface area contributed by atoms with Gasteiger partial charge < -0.3 is 0 Å². The lowest BCUT2D eigenvalue weighted by Crippen LogP contribution is -2.08. The minimum Gasteiger partial charge on any atom is -0.280 e. The number of hydrogen-bond acceptors (Lipinski definition) is 2. The first-order valence-corrected chi connectivity index (χ1v) is 7.84. The van der Waals surface area contributed by atoms with Crippen molar-refractivity contribution in [2.24, 2.45) is 0 Å². The minimum atomic E-state index is -3.49. The highest BCUT2D eigenvalue weighted by atomic mass is 32.2. The van der Waals surface area contributed by atoms with Crippen molar-refractivity contribution >= 4 is 21.8 Å². The van der Waals surface area contributed by atoms with Crippen molar-refractivity contribution in [1.82, 2.24) is 0 Å². The highest BCUT2D eigenvalue weighted by molar-refractivity contribution is 7.95. The van der Waals surface area contributed by atoms with Crippen LogP contribution < -0.4 is 4.72 Å². The van der Waals surface area contributed by atoms with Gasteiger partial charge in [-0.2, -0.15) is 0 Å². The molecule has 0 radical (unpaired) electrons. The Morgan fingerprint density at radius 2 is 1.65 bits per heavy atom. The fourth-order valence-electron chi connectivity index (χ4n) is 1.74. The first-order chi connectivity index (χ1) is 9.46. The van der Waals surface area contributed by atoms with E-state index in [1.54, 1.807) is 30.3 Å². The molecule has 0 aliphatic rings. The average molecular weight is 287 g/mol. The van der Waals surface area contributed by atoms with Crippen LogP contribution in [0.5, 0.6) is 0 Å². The predicted molar refractivity (Wildman–Crippen MR) is 83.9 cm³/mol. The van der Waals surface area contributed by atoms with Gasteiger partial charge in [0.15, 0.2) is 0 Å². The van der Waals surface area contributed by atoms with Gasteiger partial charge in [0.05, 0.1) is 5.41 Å². The summed E-state index contributed by atoms with van der Waals surface area (Å²) >= 11 is 0. The molecule has 0 fully saturated rings. The van der Waals surface area contributed by atoms with Crippen LogP contribution in [-0.2, 0) is 10.0 Å². The third kappa shape index (κ3) is 3.96. The molecule has 4 heteroatoms. The van der Waals surface area contributed by atoms with Crippen molar-refractivity contribution in [2.75, 3.05) is 4.72 Å². The van der Waals surface area contributed by atoms with Crippen molar-refractivity contribution in [3.05, 3.63) is 70.6 Å². The number of anilines is 1. The number of sulfonamides is 1. The third-order valence-electron chi connectivity index (χ3n) is 3.00. The molecule has 0 spiro atoms. The summed E-state index contributed by atoms with van der Waals surface area (Å²) in [5.41, 5.74) is 3.75. The van der Waals surface area contributed by atoms with E-state index in [0.717, 1.165) is 11.1 Å². The normalized spacial score (nSPS) is 11.7. The van der Waals surface area contributed by atoms with Crippen LogP contribution in [0.25, 0.3) is 6.08 Å². The zero-order valence-electron chi connectivity index (χ0n) is 11.5. The van der Waals surface area contributed by atoms with Gasteiger partial charge in [0.2, 0.25) is 0 Å². The summed E-state index contributed by atoms with van der Waals surface area (Å²) < 4.78 is 26.4. The van der Waals surface area contributed by atoms with Crippen molar-refractivity contribution in [3.63, 3.8) is 0 Å². The van der Waals surface area contributed by atoms with E-state index in [1.807, 2.05) is 38.1 Å². The molecule has 20 heavy (non-hydrogen) atoms. The Labute approximate surface area is 120 Å². The van der Waals surface area contributed by atoms with E-state index in [2.05, 4.69) is 4.72 Å². The number of aryl methyl sites for hydroxylation is 2. The van der Waals surface area contributed by atoms with Crippen molar-refractivity contribution in [2.45, 2.75) is 13.8 Å². The number of para-hydroxylation sites is 1. The smallest absolute Gasteiger partial charge is 0.255 e. The molecule has 0 aromatic heterocycles. The lowest BCUT2D eigenvalue weighted by Gasteiger charge is -2.04. The van der Waals surface area contributed by atoms with Gasteiger partial charge in [-0.1, -0.05) is 36.4 Å². The van der Waals surface area contributed by atoms with Crippen LogP contribution >= 0.6 is 0 Å². The largest absolute Gasteiger partial charge is 0.280 e. The van der Waals surface area contributed by atoms with Crippen LogP contribution in [0, 0.1) is 13.8 Å². The van der Waals surface area contributed by atoms with Crippen LogP contribution in [0.3, 0.4) is 0 Å². The fourth-order valence-corrected chi connectivity index (χ4v) is 2.61. The Morgan fingerprint density at radius 3 is 2.30 bits per heavy atom. The molecule has 2 aromatic rings. The Balaban J connectivity index is 2.15. The Morgan fingerprint density at radius 1 is 0.950 bits per heavy atom. The summed E-state index contributed by atoms with van der Waals surface area (Å²) in [6.07, 6.45) is 1.59. The second kappa shape index (κ2) is 5.92. The van der Waals surface area contributed by atoms with Gasteiger partial charge in [0.25, 0.3) is 10.0 Å². The van der Waals surface area contributed by atoms with Gasteiger partial charge in [-0.05, 0) is 48.7 Å². The van der Waals surface area contributed by atoms with Gasteiger partial charge in [-0.25, -0.2) is 8.42 Å². The molecule has 0 aliphatic heterocycles. The Kier molecular flexibility index (Phi) is 4.25. The van der Waals surface area contributed by atoms with Crippen molar-refractivity contribution < 1.29 is 8.42 Å². The molecule has 2 aromatic carbocycles. The molecule has 0 bridgehead atoms. The first-order valence-electron chi connectivity index (χ1n) is 6.29. The average Bonchev–Trinajstić information content (AvgIpc) is 2.41. The maximum atomic E-state index is 11.9. The van der Waals surface area contributed by atoms with Gasteiger partial charge in [0, 0.05) is 5.69 Å². The van der Waals surface area contributed by atoms with E-state index in [4.69, 9.17) is 0 Å². The lowest BCUT2D eigenvalue weighted by molar-refractivity contribution is 0.609. The fraction of sp³-hybridized carbons (Fsp3) is 0.125. The molecule has 0 saturated carbocycles. The molecule has 0 saturated heterocycles. The maximum absolute atomic E-state index is 11.9. The molecule has 1 N–H and O–H groups in total. The number of benzene rings is 2. The molecule has 0 amide bonds. The van der Waals surface area contributed by atoms with Crippen LogP contribution in [-0.4, -0.2) is 8.42 Å². The molecule has 3 nitrogen and oxygen atoms in total. The third-order valence-corrected chi connectivity index (χ3v) is 4.02. The van der Waals surface area contributed by atoms with E-state index in [1.165, 1.54) is 11.0 Å². The Hall–Kier alpha value is -2.07. The predicted octanol–water partition coefficient (Wildman–Crippen LogP) is 3.72. The van der Waals surface area contributed by atoms with Crippen LogP contribution in [0.15, 0.2) is 53.9 Å². The molecule has 0 atom stereocenters. The van der Waals surface area contributed by atoms with E-state index < -0.39 is 10.0 Å². The molecule has 0 aliphatic carbocycles. The zero-order chi connectivity index (χ0) is 14.6. The molecule has 0 heterocycles. The lowest BCUT2D eigenvalue weighted by atomic mass is 10.1. The second-order valence-corrected chi connectivity index (χ2v) is 6.23. The summed E-state index contributed by atoms with van der Waals surface area (Å²) in [4.78, 5) is 0. The summed E-state index contributed by atoms with van der Waals surface area (Å²) in [6.45, 7) is 4.03. The maximum Gasteiger partial charge on any atom is 0.255 e. The SMILES string of the molecule is Cc1ccc(/C=C/S(=O)(=O)Nc2ccccc2)cc1C. The summed E-state index contributed by atoms with van der Waals surface area (Å²) in [5, 5.41) is 1.18. The number of nitrogens with one attached hydrogen (secondary N) is 1. The van der Waals surface area contributed by atoms with E-state index in [-0.39, 0.29) is 0 Å². The highest BCUT2D eigenvalue weighted by Gasteiger charge is 2.04. The van der Waals surface area contributed by atoms with Crippen molar-refractivity contribution in [1.29, 1.82) is 0 Å². The summed E-state index contributed by atoms with van der Waals surface area (Å²) in [5.74, 6) is 0. The van der Waals surface area contributed by atoms with Gasteiger partial charge in [0.1, 0.15) is 0 Å². The topological polar surface area (TPSA) is 46.2 Å². The molecular formula is C16H17NO2S. The van der Waals surface area contributed by atoms with E-state index in [0.29, 0.717) is 5.69 Å². The zero-order valence-corrected chi connectivity index (χ0v) is 12.3. The molecule has 104 valence electrons. The molecule has 0 unspecified atom stereocenters. The molecule has 2 rings (SSSR count). The van der Waals surface area contributed by atoms with E-state index in [9.17, 15) is 8.42 Å². The van der Waals surface area contributed by atoms with Crippen molar-refractivity contribution in [3.8, 4) is 0 Å². The second-order valence-electron chi connectivity index (χ2n) is 4.66. The molecular weight excluding hydrogens is 270 g/mol. The monoisotopic (exact) mass is 287 g/mol. The van der Waals surface area contributed by atoms with Crippen LogP contribution in [0.2, 0.25) is 0 Å². The first kappa shape index (κ1) is 14.3. The van der Waals surface area contributed by atoms with E-state index >= 15 is 0 Å². The van der Waals surface area contributed by atoms with Gasteiger partial charge in [-0.15, -0.1) is 0 Å². The minimum absolute atomic E-state index is 0.553. The van der Waals surface area contributed by atoms with Gasteiger partial charge in [-0.3, -0.25) is 4.72 Å². The quantitative estimate of drug-likeness (QED) is 0.931. The van der Waals surface area contributed by atoms with Crippen LogP contribution in [0.1, 0.15) is 16.7 Å². The van der Waals surface area contributed by atoms with Gasteiger partial charge >= 0.3 is 0 Å². The number of rotatable bonds is 4. The Bertz CT molecular complexity index is 719. The standard InChI is InChI=1S/C16H17NO2S/c1-13-8-9-15(12-14(13)2)10-11-20(18,19)17-16-6-4-3-5-7-16/h3-12,17H,1-2H3/b11-10+. The summed E-state index contributed by atoms with van der Waals surface area (Å²) in [7, 11) is -3.49. The summed E-state index contributed by atoms with van der Waals surface area (Å²) in [6, 6.07) is 14.7. The number of hydrogen-bond donors (Lipinski definition) is 1. The highest BCUT2D eigenvalue weighted by Crippen LogP contribution is 2.13.